The van der Waals surface area contributed by atoms with Gasteiger partial charge in [-0.05, 0) is 56.4 Å². The highest BCUT2D eigenvalue weighted by Gasteiger charge is 2.27. The smallest absolute Gasteiger partial charge is 0.339 e. The van der Waals surface area contributed by atoms with Crippen LogP contribution in [0.25, 0.3) is 10.9 Å². The summed E-state index contributed by atoms with van der Waals surface area (Å²) in [5, 5.41) is 0.791. The minimum absolute atomic E-state index is 0.265. The number of amides is 1. The Morgan fingerprint density at radius 3 is 2.47 bits per heavy atom. The summed E-state index contributed by atoms with van der Waals surface area (Å²) in [6.45, 7) is 1.63. The van der Waals surface area contributed by atoms with E-state index in [1.54, 1.807) is 14.0 Å². The molecule has 3 aromatic rings. The summed E-state index contributed by atoms with van der Waals surface area (Å²) in [4.78, 5) is 32.5. The first kappa shape index (κ1) is 20.1. The van der Waals surface area contributed by atoms with Gasteiger partial charge >= 0.3 is 5.97 Å². The van der Waals surface area contributed by atoms with Crippen LogP contribution in [0.5, 0.6) is 0 Å². The molecular formula is C25H26N2O3. The number of aromatic nitrogens is 1. The van der Waals surface area contributed by atoms with Gasteiger partial charge in [-0.2, -0.15) is 0 Å². The van der Waals surface area contributed by atoms with Crippen LogP contribution in [-0.2, 0) is 22.4 Å². The van der Waals surface area contributed by atoms with Gasteiger partial charge in [-0.15, -0.1) is 0 Å². The van der Waals surface area contributed by atoms with Crippen molar-refractivity contribution in [2.45, 2.75) is 45.1 Å². The fourth-order valence-electron chi connectivity index (χ4n) is 4.10. The van der Waals surface area contributed by atoms with Gasteiger partial charge in [0.15, 0.2) is 6.10 Å². The lowest BCUT2D eigenvalue weighted by atomic mass is 9.97. The highest BCUT2D eigenvalue weighted by molar-refractivity contribution is 6.06. The van der Waals surface area contributed by atoms with E-state index in [2.05, 4.69) is 0 Å². The highest BCUT2D eigenvalue weighted by atomic mass is 16.5. The zero-order valence-corrected chi connectivity index (χ0v) is 17.4. The zero-order chi connectivity index (χ0) is 21.1. The summed E-state index contributed by atoms with van der Waals surface area (Å²) >= 11 is 0. The maximum atomic E-state index is 13.3. The van der Waals surface area contributed by atoms with Gasteiger partial charge in [-0.1, -0.05) is 42.8 Å². The Bertz CT molecular complexity index is 1080. The Labute approximate surface area is 176 Å². The Hall–Kier alpha value is -3.21. The number of hydrogen-bond acceptors (Lipinski definition) is 4. The maximum Gasteiger partial charge on any atom is 0.339 e. The number of carbonyl (C=O) groups is 2. The topological polar surface area (TPSA) is 59.5 Å². The molecule has 0 aliphatic heterocycles. The van der Waals surface area contributed by atoms with E-state index in [9.17, 15) is 9.59 Å². The van der Waals surface area contributed by atoms with Crippen molar-refractivity contribution in [3.05, 3.63) is 71.4 Å². The van der Waals surface area contributed by atoms with Gasteiger partial charge < -0.3 is 9.64 Å². The van der Waals surface area contributed by atoms with Crippen molar-refractivity contribution in [2.24, 2.45) is 0 Å². The van der Waals surface area contributed by atoms with Crippen LogP contribution in [0.15, 0.2) is 54.6 Å². The molecule has 0 fully saturated rings. The zero-order valence-electron chi connectivity index (χ0n) is 17.4. The minimum atomic E-state index is -0.893. The van der Waals surface area contributed by atoms with Crippen molar-refractivity contribution in [1.29, 1.82) is 0 Å². The molecule has 5 nitrogen and oxygen atoms in total. The summed E-state index contributed by atoms with van der Waals surface area (Å²) in [5.41, 5.74) is 4.09. The molecular weight excluding hydrogens is 376 g/mol. The number of likely N-dealkylation sites (N-methyl/N-ethyl adjacent to an activating group) is 1. The van der Waals surface area contributed by atoms with E-state index in [1.165, 1.54) is 4.90 Å². The van der Waals surface area contributed by atoms with Crippen molar-refractivity contribution in [3.8, 4) is 0 Å². The maximum absolute atomic E-state index is 13.3. The molecule has 0 spiro atoms. The molecule has 1 aliphatic rings. The van der Waals surface area contributed by atoms with Crippen LogP contribution >= 0.6 is 0 Å². The Kier molecular flexibility index (Phi) is 5.79. The summed E-state index contributed by atoms with van der Waals surface area (Å²) < 4.78 is 5.70. The second-order valence-corrected chi connectivity index (χ2v) is 7.77. The standard InChI is InChI=1S/C25H26N2O3/c1-17(24(28)27(2)18-11-5-3-6-12-18)30-25(29)23-19-13-7-4-8-15-21(19)26-22-16-10-9-14-20(22)23/h3,5-6,9-12,14,16-17H,4,7-8,13,15H2,1-2H3. The van der Waals surface area contributed by atoms with Crippen LogP contribution in [-0.4, -0.2) is 30.0 Å². The van der Waals surface area contributed by atoms with E-state index in [1.807, 2.05) is 54.6 Å². The van der Waals surface area contributed by atoms with Gasteiger partial charge in [0.2, 0.25) is 0 Å². The lowest BCUT2D eigenvalue weighted by Crippen LogP contribution is -2.37. The van der Waals surface area contributed by atoms with Crippen LogP contribution in [0.3, 0.4) is 0 Å². The van der Waals surface area contributed by atoms with E-state index in [0.29, 0.717) is 5.56 Å². The van der Waals surface area contributed by atoms with Gasteiger partial charge in [0.1, 0.15) is 0 Å². The van der Waals surface area contributed by atoms with Crippen LogP contribution in [0.4, 0.5) is 5.69 Å². The average Bonchev–Trinajstić information content (AvgIpc) is 3.02. The number of esters is 1. The lowest BCUT2D eigenvalue weighted by Gasteiger charge is -2.22. The summed E-state index contributed by atoms with van der Waals surface area (Å²) in [6, 6.07) is 17.0. The SMILES string of the molecule is CC(OC(=O)c1c2c(nc3ccccc13)CCCCC2)C(=O)N(C)c1ccccc1. The van der Waals surface area contributed by atoms with Crippen LogP contribution < -0.4 is 4.90 Å². The third-order valence-electron chi connectivity index (χ3n) is 5.73. The molecule has 0 saturated carbocycles. The van der Waals surface area contributed by atoms with Gasteiger partial charge in [0, 0.05) is 23.8 Å². The molecule has 5 heteroatoms. The molecule has 0 saturated heterocycles. The average molecular weight is 402 g/mol. The number of pyridine rings is 1. The van der Waals surface area contributed by atoms with Gasteiger partial charge in [-0.25, -0.2) is 4.79 Å². The first-order valence-electron chi connectivity index (χ1n) is 10.5. The van der Waals surface area contributed by atoms with Crippen molar-refractivity contribution in [2.75, 3.05) is 11.9 Å². The number of anilines is 1. The summed E-state index contributed by atoms with van der Waals surface area (Å²) in [7, 11) is 1.69. The molecule has 0 radical (unpaired) electrons. The second kappa shape index (κ2) is 8.66. The molecule has 0 N–H and O–H groups in total. The fourth-order valence-corrected chi connectivity index (χ4v) is 4.10. The minimum Gasteiger partial charge on any atom is -0.449 e. The van der Waals surface area contributed by atoms with E-state index in [-0.39, 0.29) is 5.91 Å². The van der Waals surface area contributed by atoms with Gasteiger partial charge in [0.05, 0.1) is 11.1 Å². The Morgan fingerprint density at radius 2 is 1.67 bits per heavy atom. The lowest BCUT2D eigenvalue weighted by molar-refractivity contribution is -0.126. The predicted molar refractivity (Wildman–Crippen MR) is 118 cm³/mol. The largest absolute Gasteiger partial charge is 0.449 e. The molecule has 1 unspecified atom stereocenters. The van der Waals surface area contributed by atoms with E-state index < -0.39 is 12.1 Å². The van der Waals surface area contributed by atoms with E-state index in [4.69, 9.17) is 9.72 Å². The molecule has 1 aliphatic carbocycles. The molecule has 2 aromatic carbocycles. The first-order valence-corrected chi connectivity index (χ1v) is 10.5. The van der Waals surface area contributed by atoms with Crippen LogP contribution in [0.2, 0.25) is 0 Å². The number of fused-ring (bicyclic) bond motifs is 2. The second-order valence-electron chi connectivity index (χ2n) is 7.77. The molecule has 1 aromatic heterocycles. The molecule has 154 valence electrons. The normalized spacial score (nSPS) is 14.5. The fraction of sp³-hybridized carbons (Fsp3) is 0.320. The predicted octanol–water partition coefficient (Wildman–Crippen LogP) is 4.71. The van der Waals surface area contributed by atoms with Crippen molar-refractivity contribution in [1.82, 2.24) is 4.98 Å². The molecule has 30 heavy (non-hydrogen) atoms. The summed E-state index contributed by atoms with van der Waals surface area (Å²) in [6.07, 6.45) is 4.01. The number of nitrogens with zero attached hydrogens (tertiary/aromatic N) is 2. The molecule has 4 rings (SSSR count). The van der Waals surface area contributed by atoms with Gasteiger partial charge in [0.25, 0.3) is 5.91 Å². The molecule has 1 amide bonds. The first-order chi connectivity index (χ1) is 14.6. The number of hydrogen-bond donors (Lipinski definition) is 0. The highest BCUT2D eigenvalue weighted by Crippen LogP contribution is 2.29. The van der Waals surface area contributed by atoms with E-state index in [0.717, 1.165) is 60.0 Å². The Morgan fingerprint density at radius 1 is 0.967 bits per heavy atom. The number of aryl methyl sites for hydroxylation is 1. The monoisotopic (exact) mass is 402 g/mol. The van der Waals surface area contributed by atoms with Crippen LogP contribution in [0, 0.1) is 0 Å². The number of benzene rings is 2. The molecule has 1 atom stereocenters. The summed E-state index contributed by atoms with van der Waals surface area (Å²) in [5.74, 6) is -0.715. The number of carbonyl (C=O) groups excluding carboxylic acids is 2. The van der Waals surface area contributed by atoms with Crippen molar-refractivity contribution >= 4 is 28.5 Å². The van der Waals surface area contributed by atoms with E-state index >= 15 is 0 Å². The third-order valence-corrected chi connectivity index (χ3v) is 5.73. The van der Waals surface area contributed by atoms with Crippen molar-refractivity contribution < 1.29 is 14.3 Å². The van der Waals surface area contributed by atoms with Crippen LogP contribution in [0.1, 0.15) is 47.8 Å². The van der Waals surface area contributed by atoms with Gasteiger partial charge in [-0.3, -0.25) is 9.78 Å². The van der Waals surface area contributed by atoms with Crippen molar-refractivity contribution in [3.63, 3.8) is 0 Å². The Balaban J connectivity index is 1.64. The number of ether oxygens (including phenoxy) is 1. The number of rotatable bonds is 4. The molecule has 1 heterocycles. The third kappa shape index (κ3) is 3.92. The molecule has 0 bridgehead atoms. The quantitative estimate of drug-likeness (QED) is 0.468. The number of para-hydroxylation sites is 2.